The Hall–Kier alpha value is -5.54. The molecule has 8 aromatic rings. The van der Waals surface area contributed by atoms with Gasteiger partial charge < -0.3 is 4.57 Å². The van der Waals surface area contributed by atoms with Gasteiger partial charge in [0.15, 0.2) is 5.82 Å². The predicted molar refractivity (Wildman–Crippen MR) is 182 cm³/mol. The highest BCUT2D eigenvalue weighted by molar-refractivity contribution is 6.09. The van der Waals surface area contributed by atoms with E-state index >= 15 is 0 Å². The third-order valence-electron chi connectivity index (χ3n) is 9.38. The average molecular weight is 564 g/mol. The highest BCUT2D eigenvalue weighted by Crippen LogP contribution is 2.53. The summed E-state index contributed by atoms with van der Waals surface area (Å²) in [6.07, 6.45) is 0. The van der Waals surface area contributed by atoms with E-state index in [9.17, 15) is 0 Å². The Morgan fingerprint density at radius 3 is 2.09 bits per heavy atom. The first-order chi connectivity index (χ1) is 21.6. The van der Waals surface area contributed by atoms with Crippen molar-refractivity contribution in [1.82, 2.24) is 14.5 Å². The summed E-state index contributed by atoms with van der Waals surface area (Å²) in [5.41, 5.74) is 11.7. The van der Waals surface area contributed by atoms with E-state index in [0.29, 0.717) is 0 Å². The summed E-state index contributed by atoms with van der Waals surface area (Å²) in [4.78, 5) is 10.4. The molecular formula is C41H29N3. The van der Waals surface area contributed by atoms with Crippen LogP contribution in [0, 0.1) is 0 Å². The number of para-hydroxylation sites is 1. The molecule has 0 fully saturated rings. The Morgan fingerprint density at radius 1 is 0.545 bits per heavy atom. The highest BCUT2D eigenvalue weighted by Gasteiger charge is 2.40. The summed E-state index contributed by atoms with van der Waals surface area (Å²) in [7, 11) is 0. The van der Waals surface area contributed by atoms with Crippen LogP contribution in [-0.4, -0.2) is 14.5 Å². The van der Waals surface area contributed by atoms with Gasteiger partial charge in [-0.15, -0.1) is 0 Å². The number of nitrogens with zero attached hydrogens (tertiary/aromatic N) is 3. The monoisotopic (exact) mass is 563 g/mol. The summed E-state index contributed by atoms with van der Waals surface area (Å²) in [6.45, 7) is 4.70. The second-order valence-corrected chi connectivity index (χ2v) is 12.2. The van der Waals surface area contributed by atoms with Crippen LogP contribution in [0.3, 0.4) is 0 Å². The van der Waals surface area contributed by atoms with Gasteiger partial charge in [0.05, 0.1) is 22.4 Å². The fourth-order valence-electron chi connectivity index (χ4n) is 7.33. The van der Waals surface area contributed by atoms with Crippen LogP contribution in [0.15, 0.2) is 140 Å². The van der Waals surface area contributed by atoms with E-state index < -0.39 is 0 Å². The van der Waals surface area contributed by atoms with Crippen molar-refractivity contribution in [2.75, 3.05) is 0 Å². The van der Waals surface area contributed by atoms with Crippen LogP contribution in [0.1, 0.15) is 25.0 Å². The molecule has 0 atom stereocenters. The van der Waals surface area contributed by atoms with E-state index in [2.05, 4.69) is 152 Å². The summed E-state index contributed by atoms with van der Waals surface area (Å²) in [6, 6.07) is 49.7. The van der Waals surface area contributed by atoms with Gasteiger partial charge in [-0.3, -0.25) is 0 Å². The van der Waals surface area contributed by atoms with Gasteiger partial charge in [-0.1, -0.05) is 117 Å². The number of rotatable bonds is 3. The average Bonchev–Trinajstić information content (AvgIpc) is 3.55. The van der Waals surface area contributed by atoms with E-state index in [1.807, 2.05) is 6.07 Å². The summed E-state index contributed by atoms with van der Waals surface area (Å²) in [5.74, 6) is 0.730. The van der Waals surface area contributed by atoms with Gasteiger partial charge in [-0.25, -0.2) is 9.97 Å². The first-order valence-corrected chi connectivity index (χ1v) is 15.2. The quantitative estimate of drug-likeness (QED) is 0.200. The van der Waals surface area contributed by atoms with Crippen molar-refractivity contribution in [2.24, 2.45) is 0 Å². The van der Waals surface area contributed by atoms with Gasteiger partial charge in [-0.05, 0) is 52.9 Å². The zero-order chi connectivity index (χ0) is 29.4. The zero-order valence-corrected chi connectivity index (χ0v) is 24.6. The maximum absolute atomic E-state index is 5.19. The van der Waals surface area contributed by atoms with Gasteiger partial charge in [0.1, 0.15) is 0 Å². The van der Waals surface area contributed by atoms with Crippen molar-refractivity contribution in [3.05, 3.63) is 151 Å². The molecule has 1 aliphatic carbocycles. The molecule has 0 aliphatic heterocycles. The topological polar surface area (TPSA) is 30.7 Å². The lowest BCUT2D eigenvalue weighted by atomic mass is 9.81. The number of benzene rings is 6. The van der Waals surface area contributed by atoms with Crippen molar-refractivity contribution >= 4 is 32.6 Å². The Balaban J connectivity index is 1.25. The standard InChI is InChI=1S/C41H29N3/c1-41(2)34-18-10-8-16-31(34)39-36(41)32-17-9-11-19-35(32)44(39)29-23-20-28(21-24-29)40-42-37(27-13-4-3-5-14-27)33-25-22-26-12-6-7-15-30(26)38(33)43-40/h3-25H,1-2H3. The smallest absolute Gasteiger partial charge is 0.160 e. The number of fused-ring (bicyclic) bond motifs is 8. The van der Waals surface area contributed by atoms with Crippen molar-refractivity contribution in [2.45, 2.75) is 19.3 Å². The molecule has 2 heterocycles. The predicted octanol–water partition coefficient (Wildman–Crippen LogP) is 10.4. The second kappa shape index (κ2) is 9.23. The third kappa shape index (κ3) is 3.50. The Labute approximate surface area is 256 Å². The zero-order valence-electron chi connectivity index (χ0n) is 24.6. The van der Waals surface area contributed by atoms with Crippen LogP contribution in [0.25, 0.3) is 72.2 Å². The van der Waals surface area contributed by atoms with Gasteiger partial charge in [0.2, 0.25) is 0 Å². The molecule has 0 saturated carbocycles. The molecule has 0 N–H and O–H groups in total. The Morgan fingerprint density at radius 2 is 1.25 bits per heavy atom. The van der Waals surface area contributed by atoms with Crippen LogP contribution in [0.5, 0.6) is 0 Å². The SMILES string of the molecule is CC1(C)c2ccccc2-c2c1c1ccccc1n2-c1ccc(-c2nc(-c3ccccc3)c3ccc4ccccc4c3n2)cc1. The van der Waals surface area contributed by atoms with E-state index in [4.69, 9.17) is 9.97 Å². The number of hydrogen-bond donors (Lipinski definition) is 0. The van der Waals surface area contributed by atoms with Crippen LogP contribution in [0.4, 0.5) is 0 Å². The molecule has 3 nitrogen and oxygen atoms in total. The molecule has 208 valence electrons. The molecule has 0 spiro atoms. The molecule has 9 rings (SSSR count). The van der Waals surface area contributed by atoms with Gasteiger partial charge >= 0.3 is 0 Å². The number of aromatic nitrogens is 3. The minimum absolute atomic E-state index is 0.0771. The third-order valence-corrected chi connectivity index (χ3v) is 9.38. The van der Waals surface area contributed by atoms with Crippen molar-refractivity contribution < 1.29 is 0 Å². The second-order valence-electron chi connectivity index (χ2n) is 12.2. The Kier molecular flexibility index (Phi) is 5.24. The molecule has 3 heteroatoms. The number of hydrogen-bond acceptors (Lipinski definition) is 2. The maximum atomic E-state index is 5.19. The van der Waals surface area contributed by atoms with Crippen LogP contribution in [0.2, 0.25) is 0 Å². The molecule has 0 amide bonds. The minimum Gasteiger partial charge on any atom is -0.309 e. The fraction of sp³-hybridized carbons (Fsp3) is 0.0732. The Bertz CT molecular complexity index is 2400. The lowest BCUT2D eigenvalue weighted by molar-refractivity contribution is 0.666. The van der Waals surface area contributed by atoms with Gasteiger partial charge in [0, 0.05) is 44.0 Å². The van der Waals surface area contributed by atoms with Crippen LogP contribution >= 0.6 is 0 Å². The summed E-state index contributed by atoms with van der Waals surface area (Å²) >= 11 is 0. The van der Waals surface area contributed by atoms with Crippen molar-refractivity contribution in [3.8, 4) is 39.6 Å². The summed E-state index contributed by atoms with van der Waals surface area (Å²) < 4.78 is 2.44. The first-order valence-electron chi connectivity index (χ1n) is 15.2. The van der Waals surface area contributed by atoms with E-state index in [1.165, 1.54) is 38.7 Å². The van der Waals surface area contributed by atoms with Crippen molar-refractivity contribution in [1.29, 1.82) is 0 Å². The van der Waals surface area contributed by atoms with E-state index in [1.54, 1.807) is 0 Å². The molecular weight excluding hydrogens is 534 g/mol. The molecule has 0 unspecified atom stereocenters. The molecule has 2 aromatic heterocycles. The van der Waals surface area contributed by atoms with Gasteiger partial charge in [-0.2, -0.15) is 0 Å². The molecule has 0 bridgehead atoms. The summed E-state index contributed by atoms with van der Waals surface area (Å²) in [5, 5.41) is 4.68. The molecule has 0 saturated heterocycles. The lowest BCUT2D eigenvalue weighted by Crippen LogP contribution is -2.14. The van der Waals surface area contributed by atoms with E-state index in [-0.39, 0.29) is 5.41 Å². The largest absolute Gasteiger partial charge is 0.309 e. The minimum atomic E-state index is -0.0771. The van der Waals surface area contributed by atoms with Crippen molar-refractivity contribution in [3.63, 3.8) is 0 Å². The van der Waals surface area contributed by atoms with Crippen LogP contribution < -0.4 is 0 Å². The first kappa shape index (κ1) is 25.0. The molecule has 44 heavy (non-hydrogen) atoms. The lowest BCUT2D eigenvalue weighted by Gasteiger charge is -2.21. The fourth-order valence-corrected chi connectivity index (χ4v) is 7.33. The van der Waals surface area contributed by atoms with Gasteiger partial charge in [0.25, 0.3) is 0 Å². The normalized spacial score (nSPS) is 13.4. The van der Waals surface area contributed by atoms with E-state index in [0.717, 1.165) is 44.6 Å². The highest BCUT2D eigenvalue weighted by atomic mass is 15.0. The van der Waals surface area contributed by atoms with Crippen LogP contribution in [-0.2, 0) is 5.41 Å². The molecule has 0 radical (unpaired) electrons. The maximum Gasteiger partial charge on any atom is 0.160 e. The molecule has 1 aliphatic rings. The molecule has 6 aromatic carbocycles.